The Hall–Kier alpha value is -7.62. The summed E-state index contributed by atoms with van der Waals surface area (Å²) in [4.78, 5) is 106. The lowest BCUT2D eigenvalue weighted by atomic mass is 10.00. The summed E-state index contributed by atoms with van der Waals surface area (Å²) in [5, 5.41) is 18.1. The molecule has 0 bridgehead atoms. The van der Waals surface area contributed by atoms with E-state index in [-0.39, 0.29) is 56.9 Å². The van der Waals surface area contributed by atoms with Crippen LogP contribution in [0.3, 0.4) is 0 Å². The van der Waals surface area contributed by atoms with Crippen molar-refractivity contribution in [3.63, 3.8) is 0 Å². The number of H-pyrrole nitrogens is 2. The van der Waals surface area contributed by atoms with E-state index in [2.05, 4.69) is 46.9 Å². The van der Waals surface area contributed by atoms with Crippen molar-refractivity contribution in [3.05, 3.63) is 108 Å². The molecule has 21 nitrogen and oxygen atoms in total. The first-order valence-corrected chi connectivity index (χ1v) is 24.4. The summed E-state index contributed by atoms with van der Waals surface area (Å²) in [5.41, 5.74) is 33.2. The Morgan fingerprint density at radius 3 is 1.49 bits per heavy atom. The number of fused-ring (bicyclic) bond motifs is 2. The van der Waals surface area contributed by atoms with Crippen LogP contribution in [0.4, 0.5) is 0 Å². The zero-order valence-electron chi connectivity index (χ0n) is 40.7. The molecule has 5 aromatic rings. The highest BCUT2D eigenvalue weighted by molar-refractivity contribution is 5.98. The number of aliphatic imine (C=N–C) groups is 1. The van der Waals surface area contributed by atoms with Crippen LogP contribution in [0.5, 0.6) is 0 Å². The van der Waals surface area contributed by atoms with E-state index in [1.807, 2.05) is 54.6 Å². The average Bonchev–Trinajstić information content (AvgIpc) is 3.97. The zero-order chi connectivity index (χ0) is 52.0. The maximum atomic E-state index is 14.8. The van der Waals surface area contributed by atoms with Crippen LogP contribution in [0.15, 0.2) is 96.2 Å². The van der Waals surface area contributed by atoms with Gasteiger partial charge in [-0.15, -0.1) is 0 Å². The summed E-state index contributed by atoms with van der Waals surface area (Å²) in [5.74, 6) is -4.55. The van der Waals surface area contributed by atoms with Crippen LogP contribution in [0.2, 0.25) is 0 Å². The summed E-state index contributed by atoms with van der Waals surface area (Å²) < 4.78 is 0. The van der Waals surface area contributed by atoms with E-state index < -0.39 is 71.7 Å². The van der Waals surface area contributed by atoms with Crippen molar-refractivity contribution < 1.29 is 33.6 Å². The van der Waals surface area contributed by atoms with Gasteiger partial charge >= 0.3 is 0 Å². The molecule has 18 N–H and O–H groups in total. The topological polar surface area (TPSA) is 366 Å². The SMILES string of the molecule is CC(=O)NC(N)=NCCC[C@H](N)C(=O)N[C@@H](CCCCN)C(=O)N[C@@H](CCCCN)C(=O)N[C@@H](Cc1c[nH]c2ccccc12)C(=O)N[C@@H](Cc1ccccc1)C(=O)N[C@@H](Cc1c[nH]c2ccccc12)C(N)=O. The number of nitrogens with one attached hydrogen (secondary N) is 8. The molecule has 0 aliphatic carbocycles. The second-order valence-corrected chi connectivity index (χ2v) is 17.8. The number of amides is 7. The quantitative estimate of drug-likeness (QED) is 0.0177. The maximum absolute atomic E-state index is 14.8. The zero-order valence-corrected chi connectivity index (χ0v) is 40.7. The second kappa shape index (κ2) is 28.3. The normalized spacial score (nSPS) is 14.0. The lowest BCUT2D eigenvalue weighted by molar-refractivity contribution is -0.135. The molecule has 0 aliphatic rings. The Morgan fingerprint density at radius 1 is 0.528 bits per heavy atom. The van der Waals surface area contributed by atoms with Gasteiger partial charge in [-0.05, 0) is 93.3 Å². The van der Waals surface area contributed by atoms with Crippen LogP contribution in [0.1, 0.15) is 75.0 Å². The molecule has 0 unspecified atom stereocenters. The van der Waals surface area contributed by atoms with Crippen LogP contribution >= 0.6 is 0 Å². The van der Waals surface area contributed by atoms with Crippen LogP contribution in [-0.4, -0.2) is 113 Å². The van der Waals surface area contributed by atoms with Crippen molar-refractivity contribution in [1.29, 1.82) is 0 Å². The van der Waals surface area contributed by atoms with Crippen molar-refractivity contribution >= 4 is 69.1 Å². The van der Waals surface area contributed by atoms with Gasteiger partial charge in [-0.25, -0.2) is 0 Å². The molecule has 3 aromatic carbocycles. The van der Waals surface area contributed by atoms with E-state index in [0.29, 0.717) is 56.3 Å². The third-order valence-corrected chi connectivity index (χ3v) is 12.2. The molecule has 0 fully saturated rings. The molecule has 0 radical (unpaired) electrons. The van der Waals surface area contributed by atoms with Gasteiger partial charge in [0.15, 0.2) is 5.96 Å². The average molecular weight is 991 g/mol. The minimum atomic E-state index is -1.30. The van der Waals surface area contributed by atoms with Gasteiger partial charge in [0.1, 0.15) is 30.2 Å². The number of carbonyl (C=O) groups is 7. The van der Waals surface area contributed by atoms with Gasteiger partial charge in [-0.1, -0.05) is 66.7 Å². The summed E-state index contributed by atoms with van der Waals surface area (Å²) >= 11 is 0. The van der Waals surface area contributed by atoms with Gasteiger partial charge in [0.05, 0.1) is 6.04 Å². The fraction of sp³-hybridized carbons (Fsp3) is 0.412. The summed E-state index contributed by atoms with van der Waals surface area (Å²) in [6, 6.07) is 17.0. The molecule has 5 rings (SSSR count). The van der Waals surface area contributed by atoms with E-state index in [9.17, 15) is 33.6 Å². The highest BCUT2D eigenvalue weighted by atomic mass is 16.2. The van der Waals surface area contributed by atoms with Crippen molar-refractivity contribution in [1.82, 2.24) is 41.9 Å². The minimum absolute atomic E-state index is 0.0184. The third kappa shape index (κ3) is 17.1. The van der Waals surface area contributed by atoms with Gasteiger partial charge in [0.2, 0.25) is 41.4 Å². The standard InChI is InChI=1S/C51H70N14O7/c1-31(66)60-51(56)57-25-13-18-37(54)46(68)61-40(21-9-11-23-52)47(69)62-41(22-10-12-24-53)48(70)65-44(28-34-30-59-39-20-8-6-17-36(34)39)50(72)64-43(26-32-14-3-2-4-15-32)49(71)63-42(45(55)67)27-33-29-58-38-19-7-5-16-35(33)38/h2-8,14-17,19-20,29-30,37,40-44,58-59H,9-13,18,21-28,52-54H2,1H3,(H2,55,67)(H,61,68)(H,62,69)(H,63,71)(H,64,72)(H,65,70)(H3,56,57,60,66)/t37-,40-,41-,42-,43-,44-/m0/s1. The van der Waals surface area contributed by atoms with E-state index in [1.165, 1.54) is 6.92 Å². The number of hydrogen-bond donors (Lipinski definition) is 13. The number of rotatable bonds is 29. The van der Waals surface area contributed by atoms with Crippen LogP contribution in [0, 0.1) is 0 Å². The number of benzene rings is 3. The number of unbranched alkanes of at least 4 members (excludes halogenated alkanes) is 2. The predicted molar refractivity (Wildman–Crippen MR) is 276 cm³/mol. The molecular weight excluding hydrogens is 921 g/mol. The van der Waals surface area contributed by atoms with Gasteiger partial charge < -0.3 is 65.2 Å². The first-order chi connectivity index (χ1) is 34.7. The number of carbonyl (C=O) groups excluding carboxylic acids is 7. The Bertz CT molecular complexity index is 2630. The number of para-hydroxylation sites is 2. The second-order valence-electron chi connectivity index (χ2n) is 17.8. The maximum Gasteiger partial charge on any atom is 0.243 e. The molecule has 21 heteroatoms. The lowest BCUT2D eigenvalue weighted by Crippen LogP contribution is -2.60. The smallest absolute Gasteiger partial charge is 0.243 e. The van der Waals surface area contributed by atoms with Gasteiger partial charge in [0, 0.05) is 66.9 Å². The summed E-state index contributed by atoms with van der Waals surface area (Å²) in [7, 11) is 0. The third-order valence-electron chi connectivity index (χ3n) is 12.2. The Labute approximate surface area is 418 Å². The molecular formula is C51H70N14O7. The van der Waals surface area contributed by atoms with E-state index in [1.54, 1.807) is 36.7 Å². The molecule has 386 valence electrons. The predicted octanol–water partition coefficient (Wildman–Crippen LogP) is 0.403. The summed E-state index contributed by atoms with van der Waals surface area (Å²) in [6.07, 6.45) is 6.39. The first kappa shape index (κ1) is 55.3. The van der Waals surface area contributed by atoms with Gasteiger partial charge in [0.25, 0.3) is 0 Å². The van der Waals surface area contributed by atoms with Crippen LogP contribution in [0.25, 0.3) is 21.8 Å². The van der Waals surface area contributed by atoms with Crippen molar-refractivity contribution in [2.45, 2.75) is 114 Å². The van der Waals surface area contributed by atoms with Gasteiger partial charge in [-0.2, -0.15) is 0 Å². The number of nitrogens with two attached hydrogens (primary N) is 5. The molecule has 0 spiro atoms. The molecule has 0 saturated carbocycles. The van der Waals surface area contributed by atoms with E-state index in [4.69, 9.17) is 28.7 Å². The minimum Gasteiger partial charge on any atom is -0.370 e. The number of aromatic amines is 2. The van der Waals surface area contributed by atoms with Crippen LogP contribution in [-0.2, 0) is 52.8 Å². The molecule has 0 aliphatic heterocycles. The van der Waals surface area contributed by atoms with Crippen molar-refractivity contribution in [2.24, 2.45) is 33.7 Å². The fourth-order valence-corrected chi connectivity index (χ4v) is 8.28. The molecule has 2 heterocycles. The molecule has 72 heavy (non-hydrogen) atoms. The van der Waals surface area contributed by atoms with E-state index >= 15 is 0 Å². The number of primary amides is 1. The number of aromatic nitrogens is 2. The molecule has 7 amide bonds. The molecule has 2 aromatic heterocycles. The lowest BCUT2D eigenvalue weighted by Gasteiger charge is -2.27. The number of nitrogens with zero attached hydrogens (tertiary/aromatic N) is 1. The Kier molecular flexibility index (Phi) is 21.7. The van der Waals surface area contributed by atoms with E-state index in [0.717, 1.165) is 27.4 Å². The Balaban J connectivity index is 1.38. The number of hydrogen-bond acceptors (Lipinski definition) is 11. The van der Waals surface area contributed by atoms with Crippen molar-refractivity contribution in [2.75, 3.05) is 19.6 Å². The van der Waals surface area contributed by atoms with Crippen LogP contribution < -0.4 is 60.6 Å². The van der Waals surface area contributed by atoms with Gasteiger partial charge in [-0.3, -0.25) is 43.9 Å². The number of guanidine groups is 1. The molecule has 0 saturated heterocycles. The Morgan fingerprint density at radius 2 is 0.972 bits per heavy atom. The first-order valence-electron chi connectivity index (χ1n) is 24.4. The largest absolute Gasteiger partial charge is 0.370 e. The molecule has 6 atom stereocenters. The van der Waals surface area contributed by atoms with Crippen molar-refractivity contribution in [3.8, 4) is 0 Å². The monoisotopic (exact) mass is 991 g/mol. The fourth-order valence-electron chi connectivity index (χ4n) is 8.28. The summed E-state index contributed by atoms with van der Waals surface area (Å²) in [6.45, 7) is 2.15. The highest BCUT2D eigenvalue weighted by Gasteiger charge is 2.33. The highest BCUT2D eigenvalue weighted by Crippen LogP contribution is 2.21.